The molecule has 2 N–H and O–H groups in total. The zero-order valence-electron chi connectivity index (χ0n) is 12.2. The highest BCUT2D eigenvalue weighted by molar-refractivity contribution is 6.31. The lowest BCUT2D eigenvalue weighted by Crippen LogP contribution is -2.21. The average Bonchev–Trinajstić information content (AvgIpc) is 2.54. The minimum atomic E-state index is -0.562. The van der Waals surface area contributed by atoms with Gasteiger partial charge in [-0.1, -0.05) is 29.8 Å². The Balaban J connectivity index is 2.23. The normalized spacial score (nSPS) is 10.2. The monoisotopic (exact) mass is 335 g/mol. The van der Waals surface area contributed by atoms with Crippen LogP contribution in [0.15, 0.2) is 42.5 Å². The van der Waals surface area contributed by atoms with E-state index in [0.717, 1.165) is 5.56 Å². The highest BCUT2D eigenvalue weighted by Gasteiger charge is 2.17. The number of nitro groups is 1. The van der Waals surface area contributed by atoms with Crippen molar-refractivity contribution in [1.82, 2.24) is 5.48 Å². The minimum absolute atomic E-state index is 0.127. The molecule has 8 heteroatoms. The highest BCUT2D eigenvalue weighted by atomic mass is 35.5. The van der Waals surface area contributed by atoms with Gasteiger partial charge in [0.05, 0.1) is 12.0 Å². The molecule has 0 saturated carbocycles. The summed E-state index contributed by atoms with van der Waals surface area (Å²) in [5, 5.41) is 14.7. The summed E-state index contributed by atoms with van der Waals surface area (Å²) in [7, 11) is 1.28. The summed E-state index contributed by atoms with van der Waals surface area (Å²) in [5.41, 5.74) is 3.14. The molecule has 0 unspecified atom stereocenters. The van der Waals surface area contributed by atoms with Crippen LogP contribution in [0.1, 0.15) is 15.9 Å². The molecule has 120 valence electrons. The fraction of sp³-hybridized carbons (Fsp3) is 0.133. The van der Waals surface area contributed by atoms with Gasteiger partial charge in [-0.15, -0.1) is 0 Å². The standard InChI is InChI=1S/C15H14ClN3O4/c1-23-18-15(20)10-6-7-13(14(8-10)19(21)22)17-9-11-4-2-3-5-12(11)16/h2-8,17H,9H2,1H3,(H,18,20). The minimum Gasteiger partial charge on any atom is -0.375 e. The number of hydrogen-bond acceptors (Lipinski definition) is 5. The molecule has 0 bridgehead atoms. The Bertz CT molecular complexity index is 736. The number of nitrogens with zero attached hydrogens (tertiary/aromatic N) is 1. The van der Waals surface area contributed by atoms with E-state index in [4.69, 9.17) is 11.6 Å². The van der Waals surface area contributed by atoms with Crippen LogP contribution in [0.2, 0.25) is 5.02 Å². The van der Waals surface area contributed by atoms with Gasteiger partial charge < -0.3 is 5.32 Å². The lowest BCUT2D eigenvalue weighted by molar-refractivity contribution is -0.384. The summed E-state index contributed by atoms with van der Waals surface area (Å²) < 4.78 is 0. The molecule has 0 aliphatic rings. The molecular formula is C15H14ClN3O4. The SMILES string of the molecule is CONC(=O)c1ccc(NCc2ccccc2Cl)c([N+](=O)[O-])c1. The predicted octanol–water partition coefficient (Wildman–Crippen LogP) is 3.15. The Morgan fingerprint density at radius 2 is 2.04 bits per heavy atom. The van der Waals surface area contributed by atoms with Crippen LogP contribution < -0.4 is 10.8 Å². The van der Waals surface area contributed by atoms with E-state index in [-0.39, 0.29) is 11.3 Å². The Kier molecular flexibility index (Phi) is 5.51. The van der Waals surface area contributed by atoms with Gasteiger partial charge in [0.15, 0.2) is 0 Å². The number of halogens is 1. The van der Waals surface area contributed by atoms with Crippen molar-refractivity contribution in [3.8, 4) is 0 Å². The zero-order chi connectivity index (χ0) is 16.8. The molecule has 2 rings (SSSR count). The van der Waals surface area contributed by atoms with Crippen molar-refractivity contribution < 1.29 is 14.6 Å². The molecule has 2 aromatic rings. The number of hydrogen-bond donors (Lipinski definition) is 2. The summed E-state index contributed by atoms with van der Waals surface area (Å²) in [6.45, 7) is 0.324. The molecule has 7 nitrogen and oxygen atoms in total. The van der Waals surface area contributed by atoms with E-state index in [1.807, 2.05) is 12.1 Å². The van der Waals surface area contributed by atoms with Crippen molar-refractivity contribution in [1.29, 1.82) is 0 Å². The average molecular weight is 336 g/mol. The number of amides is 1. The third-order valence-corrected chi connectivity index (χ3v) is 3.45. The van der Waals surface area contributed by atoms with Gasteiger partial charge in [-0.25, -0.2) is 5.48 Å². The number of nitro benzene ring substituents is 1. The quantitative estimate of drug-likeness (QED) is 0.624. The van der Waals surface area contributed by atoms with Crippen molar-refractivity contribution in [3.63, 3.8) is 0 Å². The first-order valence-electron chi connectivity index (χ1n) is 6.62. The Morgan fingerprint density at radius 3 is 2.70 bits per heavy atom. The number of anilines is 1. The van der Waals surface area contributed by atoms with Gasteiger partial charge in [-0.2, -0.15) is 0 Å². The molecule has 23 heavy (non-hydrogen) atoms. The summed E-state index contributed by atoms with van der Waals surface area (Å²) in [5.74, 6) is -0.562. The van der Waals surface area contributed by atoms with E-state index in [1.165, 1.54) is 25.3 Å². The molecule has 0 atom stereocenters. The summed E-state index contributed by atoms with van der Waals surface area (Å²) >= 11 is 6.05. The maximum atomic E-state index is 11.7. The summed E-state index contributed by atoms with van der Waals surface area (Å²) in [6.07, 6.45) is 0. The van der Waals surface area contributed by atoms with E-state index in [1.54, 1.807) is 12.1 Å². The lowest BCUT2D eigenvalue weighted by atomic mass is 10.1. The fourth-order valence-electron chi connectivity index (χ4n) is 1.96. The van der Waals surface area contributed by atoms with Crippen molar-refractivity contribution in [3.05, 3.63) is 68.7 Å². The Labute approximate surface area is 137 Å². The van der Waals surface area contributed by atoms with Gasteiger partial charge in [0.1, 0.15) is 5.69 Å². The van der Waals surface area contributed by atoms with Crippen LogP contribution >= 0.6 is 11.6 Å². The predicted molar refractivity (Wildman–Crippen MR) is 86.4 cm³/mol. The van der Waals surface area contributed by atoms with Gasteiger partial charge in [0.25, 0.3) is 11.6 Å². The van der Waals surface area contributed by atoms with Gasteiger partial charge in [0, 0.05) is 23.2 Å². The molecule has 0 aliphatic carbocycles. The Hall–Kier alpha value is -2.64. The van der Waals surface area contributed by atoms with Crippen LogP contribution in [-0.4, -0.2) is 17.9 Å². The molecule has 1 amide bonds. The molecule has 0 radical (unpaired) electrons. The van der Waals surface area contributed by atoms with Gasteiger partial charge in [-0.3, -0.25) is 19.7 Å². The first kappa shape index (κ1) is 16.7. The maximum absolute atomic E-state index is 11.7. The van der Waals surface area contributed by atoms with Crippen LogP contribution in [0.25, 0.3) is 0 Å². The van der Waals surface area contributed by atoms with E-state index in [0.29, 0.717) is 17.3 Å². The molecule has 0 aromatic heterocycles. The third kappa shape index (κ3) is 4.18. The van der Waals surface area contributed by atoms with E-state index in [2.05, 4.69) is 15.6 Å². The molecular weight excluding hydrogens is 322 g/mol. The largest absolute Gasteiger partial charge is 0.375 e. The first-order chi connectivity index (χ1) is 11.0. The van der Waals surface area contributed by atoms with E-state index in [9.17, 15) is 14.9 Å². The maximum Gasteiger partial charge on any atom is 0.293 e. The fourth-order valence-corrected chi connectivity index (χ4v) is 2.16. The molecule has 0 saturated heterocycles. The molecule has 0 spiro atoms. The molecule has 2 aromatic carbocycles. The smallest absolute Gasteiger partial charge is 0.293 e. The van der Waals surface area contributed by atoms with Crippen LogP contribution in [0.4, 0.5) is 11.4 Å². The van der Waals surface area contributed by atoms with Crippen molar-refractivity contribution in [2.75, 3.05) is 12.4 Å². The number of hydroxylamine groups is 1. The van der Waals surface area contributed by atoms with Crippen molar-refractivity contribution in [2.24, 2.45) is 0 Å². The van der Waals surface area contributed by atoms with E-state index >= 15 is 0 Å². The Morgan fingerprint density at radius 1 is 1.30 bits per heavy atom. The molecule has 0 aliphatic heterocycles. The van der Waals surface area contributed by atoms with Crippen LogP contribution in [0, 0.1) is 10.1 Å². The highest BCUT2D eigenvalue weighted by Crippen LogP contribution is 2.27. The number of nitrogens with one attached hydrogen (secondary N) is 2. The van der Waals surface area contributed by atoms with Crippen LogP contribution in [-0.2, 0) is 11.4 Å². The number of carbonyl (C=O) groups excluding carboxylic acids is 1. The van der Waals surface area contributed by atoms with Crippen LogP contribution in [0.3, 0.4) is 0 Å². The second-order valence-corrected chi connectivity index (χ2v) is 4.98. The van der Waals surface area contributed by atoms with Gasteiger partial charge in [0.2, 0.25) is 0 Å². The van der Waals surface area contributed by atoms with Crippen molar-refractivity contribution >= 4 is 28.9 Å². The summed E-state index contributed by atoms with van der Waals surface area (Å²) in [6, 6.07) is 11.3. The zero-order valence-corrected chi connectivity index (χ0v) is 13.0. The number of rotatable bonds is 6. The van der Waals surface area contributed by atoms with Crippen LogP contribution in [0.5, 0.6) is 0 Å². The van der Waals surface area contributed by atoms with E-state index < -0.39 is 10.8 Å². The first-order valence-corrected chi connectivity index (χ1v) is 6.99. The topological polar surface area (TPSA) is 93.5 Å². The van der Waals surface area contributed by atoms with Gasteiger partial charge in [-0.05, 0) is 23.8 Å². The third-order valence-electron chi connectivity index (χ3n) is 3.08. The van der Waals surface area contributed by atoms with Gasteiger partial charge >= 0.3 is 0 Å². The molecule has 0 fully saturated rings. The second kappa shape index (κ2) is 7.57. The number of benzene rings is 2. The molecule has 0 heterocycles. The second-order valence-electron chi connectivity index (χ2n) is 4.57. The van der Waals surface area contributed by atoms with Crippen molar-refractivity contribution in [2.45, 2.75) is 6.54 Å². The number of carbonyl (C=O) groups is 1. The summed E-state index contributed by atoms with van der Waals surface area (Å²) in [4.78, 5) is 26.8. The lowest BCUT2D eigenvalue weighted by Gasteiger charge is -2.10.